The van der Waals surface area contributed by atoms with E-state index in [0.717, 1.165) is 24.5 Å². The van der Waals surface area contributed by atoms with Crippen molar-refractivity contribution in [1.29, 1.82) is 0 Å². The van der Waals surface area contributed by atoms with Gasteiger partial charge in [0.1, 0.15) is 4.88 Å². The van der Waals surface area contributed by atoms with Crippen LogP contribution in [0, 0.1) is 0 Å². The van der Waals surface area contributed by atoms with Crippen LogP contribution in [0.25, 0.3) is 0 Å². The SMILES string of the molecule is O=C(NCCO)c1cnc(N2CCCC2CO)s1. The van der Waals surface area contributed by atoms with Gasteiger partial charge in [-0.15, -0.1) is 0 Å². The average molecular weight is 271 g/mol. The van der Waals surface area contributed by atoms with Gasteiger partial charge in [-0.25, -0.2) is 4.98 Å². The van der Waals surface area contributed by atoms with Gasteiger partial charge >= 0.3 is 0 Å². The van der Waals surface area contributed by atoms with Crippen LogP contribution >= 0.6 is 11.3 Å². The number of aromatic nitrogens is 1. The predicted octanol–water partition coefficient (Wildman–Crippen LogP) is -0.174. The third-order valence-electron chi connectivity index (χ3n) is 2.95. The summed E-state index contributed by atoms with van der Waals surface area (Å²) in [6.45, 7) is 1.16. The van der Waals surface area contributed by atoms with Crippen LogP contribution in [-0.4, -0.2) is 53.4 Å². The van der Waals surface area contributed by atoms with E-state index in [1.54, 1.807) is 6.20 Å². The first-order valence-electron chi connectivity index (χ1n) is 5.98. The molecule has 0 aromatic carbocycles. The molecule has 1 saturated heterocycles. The number of aliphatic hydroxyl groups is 2. The van der Waals surface area contributed by atoms with E-state index in [-0.39, 0.29) is 31.7 Å². The molecule has 0 saturated carbocycles. The fourth-order valence-electron chi connectivity index (χ4n) is 2.04. The summed E-state index contributed by atoms with van der Waals surface area (Å²) in [7, 11) is 0. The summed E-state index contributed by atoms with van der Waals surface area (Å²) < 4.78 is 0. The molecule has 2 heterocycles. The van der Waals surface area contributed by atoms with E-state index in [1.165, 1.54) is 11.3 Å². The van der Waals surface area contributed by atoms with Crippen LogP contribution in [0.2, 0.25) is 0 Å². The first kappa shape index (κ1) is 13.3. The highest BCUT2D eigenvalue weighted by Crippen LogP contribution is 2.29. The topological polar surface area (TPSA) is 85.7 Å². The number of nitrogens with zero attached hydrogens (tertiary/aromatic N) is 2. The number of hydrogen-bond acceptors (Lipinski definition) is 6. The zero-order valence-electron chi connectivity index (χ0n) is 10.0. The Morgan fingerprint density at radius 2 is 2.44 bits per heavy atom. The second-order valence-corrected chi connectivity index (χ2v) is 5.17. The van der Waals surface area contributed by atoms with E-state index in [0.29, 0.717) is 4.88 Å². The van der Waals surface area contributed by atoms with Crippen LogP contribution in [0.3, 0.4) is 0 Å². The van der Waals surface area contributed by atoms with Gasteiger partial charge in [0, 0.05) is 13.1 Å². The van der Waals surface area contributed by atoms with E-state index in [1.807, 2.05) is 4.90 Å². The monoisotopic (exact) mass is 271 g/mol. The van der Waals surface area contributed by atoms with Gasteiger partial charge in [0.25, 0.3) is 5.91 Å². The Morgan fingerprint density at radius 3 is 3.17 bits per heavy atom. The second-order valence-electron chi connectivity index (χ2n) is 4.16. The summed E-state index contributed by atoms with van der Waals surface area (Å²) in [6.07, 6.45) is 3.54. The standard InChI is InChI=1S/C11H17N3O3S/c15-5-3-12-10(17)9-6-13-11(18-9)14-4-1-2-8(14)7-16/h6,8,15-16H,1-5,7H2,(H,12,17). The maximum absolute atomic E-state index is 11.7. The predicted molar refractivity (Wildman–Crippen MR) is 69.0 cm³/mol. The molecule has 1 aromatic rings. The molecular formula is C11H17N3O3S. The van der Waals surface area contributed by atoms with Crippen molar-refractivity contribution in [2.45, 2.75) is 18.9 Å². The Morgan fingerprint density at radius 1 is 1.61 bits per heavy atom. The van der Waals surface area contributed by atoms with Crippen LogP contribution in [0.1, 0.15) is 22.5 Å². The number of rotatable bonds is 5. The van der Waals surface area contributed by atoms with Crippen LogP contribution in [0.5, 0.6) is 0 Å². The lowest BCUT2D eigenvalue weighted by Crippen LogP contribution is -2.31. The largest absolute Gasteiger partial charge is 0.395 e. The molecule has 1 aliphatic rings. The summed E-state index contributed by atoms with van der Waals surface area (Å²) in [5.41, 5.74) is 0. The molecule has 7 heteroatoms. The van der Waals surface area contributed by atoms with Gasteiger partial charge in [-0.05, 0) is 12.8 Å². The van der Waals surface area contributed by atoms with E-state index >= 15 is 0 Å². The normalized spacial score (nSPS) is 19.2. The first-order chi connectivity index (χ1) is 8.76. The van der Waals surface area contributed by atoms with Crippen molar-refractivity contribution in [3.63, 3.8) is 0 Å². The van der Waals surface area contributed by atoms with Crippen LogP contribution in [0.15, 0.2) is 6.20 Å². The fraction of sp³-hybridized carbons (Fsp3) is 0.636. The summed E-state index contributed by atoms with van der Waals surface area (Å²) in [5.74, 6) is -0.215. The minimum Gasteiger partial charge on any atom is -0.395 e. The van der Waals surface area contributed by atoms with Crippen LogP contribution in [0.4, 0.5) is 5.13 Å². The summed E-state index contributed by atoms with van der Waals surface area (Å²) in [5, 5.41) is 21.3. The zero-order valence-corrected chi connectivity index (χ0v) is 10.8. The Labute approximate surface area is 109 Å². The minimum absolute atomic E-state index is 0.0733. The van der Waals surface area contributed by atoms with Crippen molar-refractivity contribution in [2.24, 2.45) is 0 Å². The number of carbonyl (C=O) groups is 1. The second kappa shape index (κ2) is 6.12. The molecular weight excluding hydrogens is 254 g/mol. The Bertz CT molecular complexity index is 410. The maximum Gasteiger partial charge on any atom is 0.263 e. The van der Waals surface area contributed by atoms with Gasteiger partial charge in [0.15, 0.2) is 5.13 Å². The average Bonchev–Trinajstić information content (AvgIpc) is 3.02. The Kier molecular flexibility index (Phi) is 4.51. The smallest absolute Gasteiger partial charge is 0.263 e. The third kappa shape index (κ3) is 2.80. The van der Waals surface area contributed by atoms with E-state index in [2.05, 4.69) is 10.3 Å². The highest BCUT2D eigenvalue weighted by molar-refractivity contribution is 7.17. The van der Waals surface area contributed by atoms with Crippen LogP contribution < -0.4 is 10.2 Å². The number of aliphatic hydroxyl groups excluding tert-OH is 2. The number of amides is 1. The number of carbonyl (C=O) groups excluding carboxylic acids is 1. The van der Waals surface area contributed by atoms with E-state index in [4.69, 9.17) is 5.11 Å². The quantitative estimate of drug-likeness (QED) is 0.692. The van der Waals surface area contributed by atoms with Gasteiger partial charge in [-0.3, -0.25) is 4.79 Å². The highest BCUT2D eigenvalue weighted by Gasteiger charge is 2.26. The molecule has 1 fully saturated rings. The molecule has 2 rings (SSSR count). The van der Waals surface area contributed by atoms with Crippen molar-refractivity contribution in [1.82, 2.24) is 10.3 Å². The minimum atomic E-state index is -0.215. The number of hydrogen-bond donors (Lipinski definition) is 3. The molecule has 0 spiro atoms. The van der Waals surface area contributed by atoms with Gasteiger partial charge in [0.05, 0.1) is 25.5 Å². The lowest BCUT2D eigenvalue weighted by Gasteiger charge is -2.21. The Hall–Kier alpha value is -1.18. The lowest BCUT2D eigenvalue weighted by molar-refractivity contribution is 0.0948. The number of thiazole rings is 1. The molecule has 0 aliphatic carbocycles. The molecule has 1 aromatic heterocycles. The first-order valence-corrected chi connectivity index (χ1v) is 6.80. The molecule has 6 nitrogen and oxygen atoms in total. The number of anilines is 1. The highest BCUT2D eigenvalue weighted by atomic mass is 32.1. The van der Waals surface area contributed by atoms with E-state index < -0.39 is 0 Å². The van der Waals surface area contributed by atoms with Crippen LogP contribution in [-0.2, 0) is 0 Å². The molecule has 100 valence electrons. The third-order valence-corrected chi connectivity index (χ3v) is 3.98. The van der Waals surface area contributed by atoms with Gasteiger partial charge in [0.2, 0.25) is 0 Å². The summed E-state index contributed by atoms with van der Waals surface area (Å²) in [6, 6.07) is 0.115. The maximum atomic E-state index is 11.7. The van der Waals surface area contributed by atoms with Crippen molar-refractivity contribution in [3.8, 4) is 0 Å². The molecule has 18 heavy (non-hydrogen) atoms. The van der Waals surface area contributed by atoms with Crippen molar-refractivity contribution >= 4 is 22.4 Å². The molecule has 1 aliphatic heterocycles. The molecule has 3 N–H and O–H groups in total. The van der Waals surface area contributed by atoms with E-state index in [9.17, 15) is 9.90 Å². The molecule has 1 amide bonds. The molecule has 1 unspecified atom stereocenters. The molecule has 1 atom stereocenters. The van der Waals surface area contributed by atoms with Crippen molar-refractivity contribution < 1.29 is 15.0 Å². The molecule has 0 radical (unpaired) electrons. The van der Waals surface area contributed by atoms with Crippen molar-refractivity contribution in [3.05, 3.63) is 11.1 Å². The molecule has 0 bridgehead atoms. The van der Waals surface area contributed by atoms with Gasteiger partial charge in [-0.1, -0.05) is 11.3 Å². The van der Waals surface area contributed by atoms with Gasteiger partial charge in [-0.2, -0.15) is 0 Å². The van der Waals surface area contributed by atoms with Gasteiger partial charge < -0.3 is 20.4 Å². The van der Waals surface area contributed by atoms with Crippen molar-refractivity contribution in [2.75, 3.05) is 31.2 Å². The zero-order chi connectivity index (χ0) is 13.0. The summed E-state index contributed by atoms with van der Waals surface area (Å²) in [4.78, 5) is 18.5. The lowest BCUT2D eigenvalue weighted by atomic mass is 10.2. The Balaban J connectivity index is 2.03. The summed E-state index contributed by atoms with van der Waals surface area (Å²) >= 11 is 1.32. The fourth-order valence-corrected chi connectivity index (χ4v) is 2.97. The number of nitrogens with one attached hydrogen (secondary N) is 1.